The van der Waals surface area contributed by atoms with Gasteiger partial charge in [-0.15, -0.1) is 0 Å². The maximum absolute atomic E-state index is 13.3. The molecule has 0 unspecified atom stereocenters. The van der Waals surface area contributed by atoms with Crippen LogP contribution in [0.15, 0.2) is 72.8 Å². The van der Waals surface area contributed by atoms with Crippen molar-refractivity contribution in [2.24, 2.45) is 0 Å². The highest BCUT2D eigenvalue weighted by atomic mass is 16.6. The van der Waals surface area contributed by atoms with Crippen molar-refractivity contribution in [2.45, 2.75) is 40.2 Å². The summed E-state index contributed by atoms with van der Waals surface area (Å²) in [5.74, 6) is -1.12. The number of anilines is 3. The topological polar surface area (TPSA) is 108 Å². The number of hydrogen-bond acceptors (Lipinski definition) is 7. The lowest BCUT2D eigenvalue weighted by atomic mass is 10.1. The number of aryl methyl sites for hydroxylation is 1. The fourth-order valence-electron chi connectivity index (χ4n) is 4.88. The molecule has 1 saturated heterocycles. The zero-order valence-electron chi connectivity index (χ0n) is 26.0. The number of benzene rings is 3. The Balaban J connectivity index is 1.40. The van der Waals surface area contributed by atoms with Gasteiger partial charge in [0.2, 0.25) is 0 Å². The molecule has 232 valence electrons. The molecule has 1 fully saturated rings. The second kappa shape index (κ2) is 14.1. The molecule has 0 bridgehead atoms. The minimum Gasteiger partial charge on any atom is -0.465 e. The average molecular weight is 601 g/mol. The van der Waals surface area contributed by atoms with Gasteiger partial charge in [0.25, 0.3) is 11.8 Å². The van der Waals surface area contributed by atoms with Gasteiger partial charge in [0, 0.05) is 54.4 Å². The molecule has 0 aromatic heterocycles. The lowest BCUT2D eigenvalue weighted by Crippen LogP contribution is -2.50. The zero-order valence-corrected chi connectivity index (χ0v) is 26.0. The number of piperazine rings is 1. The first kappa shape index (κ1) is 32.1. The van der Waals surface area contributed by atoms with Crippen molar-refractivity contribution >= 4 is 40.9 Å². The van der Waals surface area contributed by atoms with Gasteiger partial charge in [0.05, 0.1) is 6.61 Å². The van der Waals surface area contributed by atoms with Crippen LogP contribution in [0, 0.1) is 6.92 Å². The third-order valence-electron chi connectivity index (χ3n) is 7.03. The molecule has 1 aliphatic rings. The van der Waals surface area contributed by atoms with Crippen LogP contribution >= 0.6 is 0 Å². The van der Waals surface area contributed by atoms with Gasteiger partial charge in [-0.25, -0.2) is 4.79 Å². The molecular weight excluding hydrogens is 560 g/mol. The van der Waals surface area contributed by atoms with Crippen molar-refractivity contribution in [1.29, 1.82) is 0 Å². The van der Waals surface area contributed by atoms with Crippen LogP contribution in [0.3, 0.4) is 0 Å². The molecular formula is C34H40N4O6. The van der Waals surface area contributed by atoms with Gasteiger partial charge in [0.1, 0.15) is 12.1 Å². The molecule has 4 rings (SSSR count). The highest BCUT2D eigenvalue weighted by Crippen LogP contribution is 2.26. The molecule has 1 N–H and O–H groups in total. The SMILES string of the molecule is CCOC(=O)CN(C(=O)c1ccccc1)c1ccc(NC(=O)c2ccc(N3CCN(C(=O)OC(C)(C)C)CC3)cc2)cc1C. The van der Waals surface area contributed by atoms with Crippen LogP contribution < -0.4 is 15.1 Å². The summed E-state index contributed by atoms with van der Waals surface area (Å²) in [7, 11) is 0. The summed E-state index contributed by atoms with van der Waals surface area (Å²) in [6, 6.07) is 21.3. The van der Waals surface area contributed by atoms with E-state index in [9.17, 15) is 19.2 Å². The summed E-state index contributed by atoms with van der Waals surface area (Å²) < 4.78 is 10.6. The summed E-state index contributed by atoms with van der Waals surface area (Å²) in [4.78, 5) is 56.4. The van der Waals surface area contributed by atoms with E-state index in [-0.39, 0.29) is 31.1 Å². The molecule has 10 nitrogen and oxygen atoms in total. The van der Waals surface area contributed by atoms with E-state index in [0.717, 1.165) is 5.69 Å². The molecule has 0 radical (unpaired) electrons. The standard InChI is InChI=1S/C34H40N4O6/c1-6-43-30(39)23-38(32(41)26-10-8-7-9-11-26)29-17-14-27(22-24(29)2)35-31(40)25-12-15-28(16-13-25)36-18-20-37(21-19-36)33(42)44-34(3,4)5/h7-17,22H,6,18-21,23H2,1-5H3,(H,35,40). The van der Waals surface area contributed by atoms with Crippen molar-refractivity contribution < 1.29 is 28.7 Å². The monoisotopic (exact) mass is 600 g/mol. The van der Waals surface area contributed by atoms with Crippen molar-refractivity contribution in [3.63, 3.8) is 0 Å². The smallest absolute Gasteiger partial charge is 0.410 e. The quantitative estimate of drug-likeness (QED) is 0.340. The minimum atomic E-state index is -0.531. The number of carbonyl (C=O) groups excluding carboxylic acids is 4. The van der Waals surface area contributed by atoms with Crippen LogP contribution in [0.25, 0.3) is 0 Å². The number of nitrogens with zero attached hydrogens (tertiary/aromatic N) is 3. The summed E-state index contributed by atoms with van der Waals surface area (Å²) in [6.45, 7) is 11.5. The van der Waals surface area contributed by atoms with Crippen molar-refractivity contribution in [3.05, 3.63) is 89.5 Å². The Bertz CT molecular complexity index is 1480. The fourth-order valence-corrected chi connectivity index (χ4v) is 4.88. The molecule has 1 aliphatic heterocycles. The molecule has 3 amide bonds. The summed E-state index contributed by atoms with van der Waals surface area (Å²) in [6.07, 6.45) is -0.304. The zero-order chi connectivity index (χ0) is 31.9. The van der Waals surface area contributed by atoms with Crippen LogP contribution in [0.5, 0.6) is 0 Å². The van der Waals surface area contributed by atoms with Gasteiger partial charge in [0.15, 0.2) is 0 Å². The van der Waals surface area contributed by atoms with Crippen molar-refractivity contribution in [3.8, 4) is 0 Å². The lowest BCUT2D eigenvalue weighted by molar-refractivity contribution is -0.141. The highest BCUT2D eigenvalue weighted by molar-refractivity contribution is 6.09. The number of ether oxygens (including phenoxy) is 2. The normalized spacial score (nSPS) is 13.2. The van der Waals surface area contributed by atoms with Gasteiger partial charge in [-0.3, -0.25) is 19.3 Å². The van der Waals surface area contributed by atoms with Gasteiger partial charge in [-0.05, 0) is 94.8 Å². The Morgan fingerprint density at radius 3 is 2.11 bits per heavy atom. The van der Waals surface area contributed by atoms with E-state index in [1.807, 2.05) is 45.9 Å². The summed E-state index contributed by atoms with van der Waals surface area (Å²) >= 11 is 0. The van der Waals surface area contributed by atoms with E-state index in [1.54, 1.807) is 66.4 Å². The maximum Gasteiger partial charge on any atom is 0.410 e. The molecule has 44 heavy (non-hydrogen) atoms. The van der Waals surface area contributed by atoms with Crippen molar-refractivity contribution in [2.75, 3.05) is 54.4 Å². The van der Waals surface area contributed by atoms with E-state index in [2.05, 4.69) is 10.2 Å². The fraction of sp³-hybridized carbons (Fsp3) is 0.353. The second-order valence-electron chi connectivity index (χ2n) is 11.5. The van der Waals surface area contributed by atoms with E-state index in [1.165, 1.54) is 4.90 Å². The number of amides is 3. The van der Waals surface area contributed by atoms with Crippen LogP contribution in [-0.4, -0.2) is 73.7 Å². The number of rotatable bonds is 8. The van der Waals surface area contributed by atoms with Gasteiger partial charge in [-0.1, -0.05) is 18.2 Å². The molecule has 0 atom stereocenters. The summed E-state index contributed by atoms with van der Waals surface area (Å²) in [5.41, 5.74) is 3.18. The second-order valence-corrected chi connectivity index (χ2v) is 11.5. The van der Waals surface area contributed by atoms with Gasteiger partial charge < -0.3 is 24.6 Å². The lowest BCUT2D eigenvalue weighted by Gasteiger charge is -2.36. The minimum absolute atomic E-state index is 0.210. The average Bonchev–Trinajstić information content (AvgIpc) is 3.00. The Labute approximate surface area is 258 Å². The van der Waals surface area contributed by atoms with Crippen molar-refractivity contribution in [1.82, 2.24) is 4.90 Å². The molecule has 1 heterocycles. The molecule has 10 heteroatoms. The molecule has 3 aromatic rings. The number of esters is 1. The largest absolute Gasteiger partial charge is 0.465 e. The number of hydrogen-bond donors (Lipinski definition) is 1. The summed E-state index contributed by atoms with van der Waals surface area (Å²) in [5, 5.41) is 2.92. The first-order valence-electron chi connectivity index (χ1n) is 14.7. The first-order valence-corrected chi connectivity index (χ1v) is 14.7. The van der Waals surface area contributed by atoms with Crippen LogP contribution in [-0.2, 0) is 14.3 Å². The molecule has 0 saturated carbocycles. The number of carbonyl (C=O) groups is 4. The van der Waals surface area contributed by atoms with Gasteiger partial charge >= 0.3 is 12.1 Å². The highest BCUT2D eigenvalue weighted by Gasteiger charge is 2.26. The predicted octanol–water partition coefficient (Wildman–Crippen LogP) is 5.51. The van der Waals surface area contributed by atoms with E-state index < -0.39 is 11.6 Å². The van der Waals surface area contributed by atoms with E-state index >= 15 is 0 Å². The third-order valence-corrected chi connectivity index (χ3v) is 7.03. The Hall–Kier alpha value is -4.86. The predicted molar refractivity (Wildman–Crippen MR) is 170 cm³/mol. The molecule has 0 aliphatic carbocycles. The Kier molecular flexibility index (Phi) is 10.3. The molecule has 3 aromatic carbocycles. The van der Waals surface area contributed by atoms with E-state index in [0.29, 0.717) is 54.2 Å². The first-order chi connectivity index (χ1) is 20.9. The Morgan fingerprint density at radius 2 is 1.52 bits per heavy atom. The maximum atomic E-state index is 13.3. The Morgan fingerprint density at radius 1 is 0.864 bits per heavy atom. The third kappa shape index (κ3) is 8.37. The van der Waals surface area contributed by atoms with Crippen LogP contribution in [0.1, 0.15) is 54.0 Å². The number of nitrogens with one attached hydrogen (secondary N) is 1. The van der Waals surface area contributed by atoms with Crippen LogP contribution in [0.2, 0.25) is 0 Å². The van der Waals surface area contributed by atoms with E-state index in [4.69, 9.17) is 9.47 Å². The molecule has 0 spiro atoms. The van der Waals surface area contributed by atoms with Gasteiger partial charge in [-0.2, -0.15) is 0 Å². The van der Waals surface area contributed by atoms with Crippen LogP contribution in [0.4, 0.5) is 21.9 Å².